The van der Waals surface area contributed by atoms with Crippen molar-refractivity contribution in [3.05, 3.63) is 53.9 Å². The molecule has 0 aliphatic heterocycles. The Labute approximate surface area is 141 Å². The third-order valence-electron chi connectivity index (χ3n) is 3.59. The molecule has 126 valence electrons. The molecule has 0 unspecified atom stereocenters. The van der Waals surface area contributed by atoms with E-state index in [1.807, 2.05) is 12.1 Å². The fourth-order valence-electron chi connectivity index (χ4n) is 2.23. The molecular formula is C18H21N3O3. The predicted octanol–water partition coefficient (Wildman–Crippen LogP) is 2.71. The van der Waals surface area contributed by atoms with Crippen LogP contribution in [0.15, 0.2) is 37.0 Å². The normalized spacial score (nSPS) is 9.96. The summed E-state index contributed by atoms with van der Waals surface area (Å²) < 4.78 is 10.5. The lowest BCUT2D eigenvalue weighted by atomic mass is 10.1. The number of pyridine rings is 1. The molecule has 0 spiro atoms. The van der Waals surface area contributed by atoms with Gasteiger partial charge in [0, 0.05) is 42.7 Å². The van der Waals surface area contributed by atoms with Gasteiger partial charge in [-0.15, -0.1) is 0 Å². The summed E-state index contributed by atoms with van der Waals surface area (Å²) in [5.74, 6) is 1.09. The van der Waals surface area contributed by atoms with Crippen molar-refractivity contribution in [3.63, 3.8) is 0 Å². The molecule has 0 bridgehead atoms. The van der Waals surface area contributed by atoms with Crippen molar-refractivity contribution in [2.24, 2.45) is 0 Å². The molecule has 24 heavy (non-hydrogen) atoms. The number of hydrogen-bond acceptors (Lipinski definition) is 5. The topological polar surface area (TPSA) is 72.5 Å². The summed E-state index contributed by atoms with van der Waals surface area (Å²) in [6, 6.07) is 7.14. The van der Waals surface area contributed by atoms with Gasteiger partial charge in [-0.3, -0.25) is 9.78 Å². The average molecular weight is 327 g/mol. The smallest absolute Gasteiger partial charge is 0.270 e. The molecule has 2 N–H and O–H groups in total. The van der Waals surface area contributed by atoms with Crippen molar-refractivity contribution >= 4 is 17.7 Å². The number of nitrogens with zero attached hydrogens (tertiary/aromatic N) is 1. The Morgan fingerprint density at radius 1 is 1.29 bits per heavy atom. The fourth-order valence-corrected chi connectivity index (χ4v) is 2.23. The molecule has 0 radical (unpaired) electrons. The summed E-state index contributed by atoms with van der Waals surface area (Å²) in [5.41, 5.74) is 2.82. The van der Waals surface area contributed by atoms with Crippen LogP contribution in [0, 0.1) is 0 Å². The van der Waals surface area contributed by atoms with Crippen molar-refractivity contribution in [1.29, 1.82) is 0 Å². The van der Waals surface area contributed by atoms with Crippen molar-refractivity contribution in [3.8, 4) is 11.5 Å². The van der Waals surface area contributed by atoms with E-state index in [-0.39, 0.29) is 5.91 Å². The number of methoxy groups -OCH3 is 2. The summed E-state index contributed by atoms with van der Waals surface area (Å²) in [6.07, 6.45) is 3.30. The van der Waals surface area contributed by atoms with Crippen LogP contribution in [0.4, 0.5) is 5.69 Å². The van der Waals surface area contributed by atoms with E-state index >= 15 is 0 Å². The lowest BCUT2D eigenvalue weighted by Gasteiger charge is -2.12. The van der Waals surface area contributed by atoms with Crippen LogP contribution in [0.5, 0.6) is 11.5 Å². The van der Waals surface area contributed by atoms with Gasteiger partial charge < -0.3 is 20.1 Å². The maximum Gasteiger partial charge on any atom is 0.270 e. The van der Waals surface area contributed by atoms with E-state index in [9.17, 15) is 4.79 Å². The highest BCUT2D eigenvalue weighted by molar-refractivity contribution is 5.93. The van der Waals surface area contributed by atoms with Gasteiger partial charge in [-0.25, -0.2) is 0 Å². The molecule has 0 saturated heterocycles. The number of carbonyl (C=O) groups excluding carboxylic acids is 1. The minimum absolute atomic E-state index is 0.264. The number of nitrogens with one attached hydrogen (secondary N) is 2. The Morgan fingerprint density at radius 3 is 2.71 bits per heavy atom. The second-order valence-corrected chi connectivity index (χ2v) is 4.97. The van der Waals surface area contributed by atoms with Gasteiger partial charge in [0.15, 0.2) is 0 Å². The molecule has 0 aliphatic carbocycles. The number of amides is 1. The summed E-state index contributed by atoms with van der Waals surface area (Å²) >= 11 is 0. The number of benzene rings is 1. The first-order chi connectivity index (χ1) is 11.6. The Hall–Kier alpha value is -3.02. The number of anilines is 1. The van der Waals surface area contributed by atoms with Gasteiger partial charge >= 0.3 is 0 Å². The van der Waals surface area contributed by atoms with Crippen LogP contribution in [0.1, 0.15) is 21.6 Å². The van der Waals surface area contributed by atoms with Crippen LogP contribution in [0.3, 0.4) is 0 Å². The van der Waals surface area contributed by atoms with E-state index in [0.29, 0.717) is 23.7 Å². The molecule has 0 saturated carbocycles. The molecule has 2 aromatic rings. The number of aromatic nitrogens is 1. The number of rotatable bonds is 7. The standard InChI is InChI=1S/C18H21N3O3/c1-5-12-10-20-16(9-15(12)19-2)18(22)21-11-13-6-7-14(23-3)8-17(13)24-4/h5-10H,1,11H2,2-4H3,(H,19,20)(H,21,22). The SMILES string of the molecule is C=Cc1cnc(C(=O)NCc2ccc(OC)cc2OC)cc1NC. The second kappa shape index (κ2) is 8.01. The lowest BCUT2D eigenvalue weighted by molar-refractivity contribution is 0.0946. The first-order valence-electron chi connectivity index (χ1n) is 7.42. The van der Waals surface area contributed by atoms with Crippen LogP contribution >= 0.6 is 0 Å². The Kier molecular flexibility index (Phi) is 5.78. The highest BCUT2D eigenvalue weighted by atomic mass is 16.5. The molecule has 1 aromatic carbocycles. The molecule has 2 rings (SSSR count). The third kappa shape index (κ3) is 3.84. The Balaban J connectivity index is 2.12. The summed E-state index contributed by atoms with van der Waals surface area (Å²) in [4.78, 5) is 16.5. The number of ether oxygens (including phenoxy) is 2. The molecule has 0 atom stereocenters. The van der Waals surface area contributed by atoms with Crippen molar-refractivity contribution in [2.75, 3.05) is 26.6 Å². The van der Waals surface area contributed by atoms with Crippen molar-refractivity contribution in [2.45, 2.75) is 6.54 Å². The van der Waals surface area contributed by atoms with Crippen LogP contribution in [-0.2, 0) is 6.54 Å². The van der Waals surface area contributed by atoms with E-state index in [2.05, 4.69) is 22.2 Å². The maximum atomic E-state index is 12.3. The zero-order valence-corrected chi connectivity index (χ0v) is 14.1. The highest BCUT2D eigenvalue weighted by Gasteiger charge is 2.11. The molecule has 0 aliphatic rings. The van der Waals surface area contributed by atoms with Gasteiger partial charge in [-0.2, -0.15) is 0 Å². The largest absolute Gasteiger partial charge is 0.497 e. The van der Waals surface area contributed by atoms with E-state index in [1.54, 1.807) is 45.7 Å². The van der Waals surface area contributed by atoms with E-state index < -0.39 is 0 Å². The minimum atomic E-state index is -0.264. The highest BCUT2D eigenvalue weighted by Crippen LogP contribution is 2.24. The van der Waals surface area contributed by atoms with Crippen LogP contribution in [0.25, 0.3) is 6.08 Å². The molecule has 6 nitrogen and oxygen atoms in total. The Morgan fingerprint density at radius 2 is 2.08 bits per heavy atom. The fraction of sp³-hybridized carbons (Fsp3) is 0.222. The lowest BCUT2D eigenvalue weighted by Crippen LogP contribution is -2.24. The summed E-state index contributed by atoms with van der Waals surface area (Å²) in [5, 5.41) is 5.86. The van der Waals surface area contributed by atoms with Gasteiger partial charge in [-0.1, -0.05) is 12.7 Å². The third-order valence-corrected chi connectivity index (χ3v) is 3.59. The van der Waals surface area contributed by atoms with E-state index in [4.69, 9.17) is 9.47 Å². The summed E-state index contributed by atoms with van der Waals surface area (Å²) in [6.45, 7) is 4.04. The Bertz CT molecular complexity index is 744. The maximum absolute atomic E-state index is 12.3. The molecule has 6 heteroatoms. The van der Waals surface area contributed by atoms with Gasteiger partial charge in [0.25, 0.3) is 5.91 Å². The molecule has 1 aromatic heterocycles. The zero-order valence-electron chi connectivity index (χ0n) is 14.1. The molecule has 1 heterocycles. The predicted molar refractivity (Wildman–Crippen MR) is 94.6 cm³/mol. The molecule has 0 fully saturated rings. The number of hydrogen-bond donors (Lipinski definition) is 2. The molecule has 1 amide bonds. The summed E-state index contributed by atoms with van der Waals surface area (Å²) in [7, 11) is 4.95. The monoisotopic (exact) mass is 327 g/mol. The van der Waals surface area contributed by atoms with Crippen LogP contribution in [0.2, 0.25) is 0 Å². The molecular weight excluding hydrogens is 306 g/mol. The first-order valence-corrected chi connectivity index (χ1v) is 7.42. The van der Waals surface area contributed by atoms with Crippen molar-refractivity contribution < 1.29 is 14.3 Å². The van der Waals surface area contributed by atoms with Crippen LogP contribution < -0.4 is 20.1 Å². The second-order valence-electron chi connectivity index (χ2n) is 4.97. The van der Waals surface area contributed by atoms with Gasteiger partial charge in [0.2, 0.25) is 0 Å². The van der Waals surface area contributed by atoms with E-state index in [0.717, 1.165) is 16.8 Å². The van der Waals surface area contributed by atoms with Gasteiger partial charge in [0.05, 0.1) is 14.2 Å². The quantitative estimate of drug-likeness (QED) is 0.818. The number of carbonyl (C=O) groups is 1. The first kappa shape index (κ1) is 17.3. The minimum Gasteiger partial charge on any atom is -0.497 e. The van der Waals surface area contributed by atoms with Gasteiger partial charge in [0.1, 0.15) is 17.2 Å². The average Bonchev–Trinajstić information content (AvgIpc) is 2.65. The zero-order chi connectivity index (χ0) is 17.5. The van der Waals surface area contributed by atoms with Gasteiger partial charge in [-0.05, 0) is 18.2 Å². The van der Waals surface area contributed by atoms with Crippen molar-refractivity contribution in [1.82, 2.24) is 10.3 Å². The van der Waals surface area contributed by atoms with Crippen LogP contribution in [-0.4, -0.2) is 32.2 Å². The van der Waals surface area contributed by atoms with E-state index in [1.165, 1.54) is 0 Å².